The number of hydrogen-bond donors (Lipinski definition) is 1. The molecule has 0 saturated heterocycles. The van der Waals surface area contributed by atoms with E-state index in [0.717, 1.165) is 46.4 Å². The van der Waals surface area contributed by atoms with Gasteiger partial charge >= 0.3 is 0 Å². The van der Waals surface area contributed by atoms with Gasteiger partial charge in [-0.1, -0.05) is 36.4 Å². The lowest BCUT2D eigenvalue weighted by molar-refractivity contribution is -0.123. The number of benzene rings is 3. The highest BCUT2D eigenvalue weighted by molar-refractivity contribution is 5.85. The maximum absolute atomic E-state index is 12.0. The van der Waals surface area contributed by atoms with Crippen LogP contribution in [0.3, 0.4) is 0 Å². The van der Waals surface area contributed by atoms with Crippen molar-refractivity contribution in [3.8, 4) is 17.2 Å². The molecule has 6 heteroatoms. The summed E-state index contributed by atoms with van der Waals surface area (Å²) in [5.41, 5.74) is 4.52. The van der Waals surface area contributed by atoms with Gasteiger partial charge in [0, 0.05) is 5.71 Å². The third-order valence-corrected chi connectivity index (χ3v) is 4.67. The Morgan fingerprint density at radius 1 is 1.03 bits per heavy atom. The summed E-state index contributed by atoms with van der Waals surface area (Å²) in [7, 11) is 0. The van der Waals surface area contributed by atoms with Gasteiger partial charge in [-0.05, 0) is 60.4 Å². The number of nitrogens with zero attached hydrogens (tertiary/aromatic N) is 1. The van der Waals surface area contributed by atoms with Crippen LogP contribution in [0.2, 0.25) is 0 Å². The Labute approximate surface area is 169 Å². The standard InChI is InChI=1S/C23H22N2O4/c1-16(6-7-17-8-11-21-22(12-17)29-15-28-21)24-25-23(26)14-27-20-10-9-18-4-2-3-5-19(18)13-20/h2-5,8-13H,6-7,14-15H2,1H3,(H,25,26)/b24-16+. The molecule has 3 aromatic carbocycles. The highest BCUT2D eigenvalue weighted by Crippen LogP contribution is 2.32. The average Bonchev–Trinajstić information content (AvgIpc) is 3.22. The van der Waals surface area contributed by atoms with E-state index >= 15 is 0 Å². The van der Waals surface area contributed by atoms with E-state index in [1.54, 1.807) is 0 Å². The van der Waals surface area contributed by atoms with E-state index in [4.69, 9.17) is 14.2 Å². The van der Waals surface area contributed by atoms with Crippen LogP contribution in [-0.4, -0.2) is 25.0 Å². The molecule has 3 aromatic rings. The molecule has 4 rings (SSSR count). The molecule has 0 aliphatic carbocycles. The van der Waals surface area contributed by atoms with Gasteiger partial charge in [-0.2, -0.15) is 5.10 Å². The molecule has 29 heavy (non-hydrogen) atoms. The Hall–Kier alpha value is -3.54. The Kier molecular flexibility index (Phi) is 5.61. The first-order valence-corrected chi connectivity index (χ1v) is 9.49. The predicted molar refractivity (Wildman–Crippen MR) is 112 cm³/mol. The van der Waals surface area contributed by atoms with Crippen LogP contribution in [0.5, 0.6) is 17.2 Å². The van der Waals surface area contributed by atoms with Crippen LogP contribution in [0.25, 0.3) is 10.8 Å². The van der Waals surface area contributed by atoms with E-state index < -0.39 is 0 Å². The SMILES string of the molecule is C/C(CCc1ccc2c(c1)OCO2)=N\NC(=O)COc1ccc2ccccc2c1. The lowest BCUT2D eigenvalue weighted by Crippen LogP contribution is -2.25. The largest absolute Gasteiger partial charge is 0.484 e. The number of rotatable bonds is 7. The molecule has 0 bridgehead atoms. The lowest BCUT2D eigenvalue weighted by atomic mass is 10.1. The van der Waals surface area contributed by atoms with E-state index in [-0.39, 0.29) is 19.3 Å². The number of amides is 1. The van der Waals surface area contributed by atoms with Crippen molar-refractivity contribution in [1.29, 1.82) is 0 Å². The maximum atomic E-state index is 12.0. The first-order chi connectivity index (χ1) is 14.2. The monoisotopic (exact) mass is 390 g/mol. The zero-order chi connectivity index (χ0) is 20.1. The summed E-state index contributed by atoms with van der Waals surface area (Å²) in [6, 6.07) is 19.7. The zero-order valence-electron chi connectivity index (χ0n) is 16.2. The van der Waals surface area contributed by atoms with Gasteiger partial charge in [-0.15, -0.1) is 0 Å². The fourth-order valence-electron chi connectivity index (χ4n) is 3.07. The molecule has 0 spiro atoms. The van der Waals surface area contributed by atoms with Gasteiger partial charge in [0.1, 0.15) is 5.75 Å². The minimum atomic E-state index is -0.291. The number of hydrogen-bond acceptors (Lipinski definition) is 5. The summed E-state index contributed by atoms with van der Waals surface area (Å²) in [6.07, 6.45) is 1.53. The second-order valence-electron chi connectivity index (χ2n) is 6.87. The van der Waals surface area contributed by atoms with E-state index in [9.17, 15) is 4.79 Å². The average molecular weight is 390 g/mol. The first kappa shape index (κ1) is 18.8. The Balaban J connectivity index is 1.24. The topological polar surface area (TPSA) is 69.2 Å². The molecular formula is C23H22N2O4. The van der Waals surface area contributed by atoms with Crippen molar-refractivity contribution in [2.75, 3.05) is 13.4 Å². The molecule has 6 nitrogen and oxygen atoms in total. The van der Waals surface area contributed by atoms with Crippen molar-refractivity contribution in [3.05, 3.63) is 66.2 Å². The Morgan fingerprint density at radius 2 is 1.86 bits per heavy atom. The summed E-state index contributed by atoms with van der Waals surface area (Å²) in [5, 5.41) is 6.36. The molecule has 0 atom stereocenters. The fourth-order valence-corrected chi connectivity index (χ4v) is 3.07. The minimum absolute atomic E-state index is 0.0860. The van der Waals surface area contributed by atoms with E-state index in [2.05, 4.69) is 10.5 Å². The van der Waals surface area contributed by atoms with E-state index in [1.165, 1.54) is 0 Å². The van der Waals surface area contributed by atoms with Gasteiger partial charge in [-0.25, -0.2) is 5.43 Å². The van der Waals surface area contributed by atoms with Gasteiger partial charge in [-0.3, -0.25) is 4.79 Å². The van der Waals surface area contributed by atoms with Crippen molar-refractivity contribution in [1.82, 2.24) is 5.43 Å². The molecule has 1 aliphatic rings. The molecule has 1 heterocycles. The molecule has 1 aliphatic heterocycles. The molecule has 148 valence electrons. The number of aryl methyl sites for hydroxylation is 1. The number of hydrazone groups is 1. The van der Waals surface area contributed by atoms with Crippen LogP contribution < -0.4 is 19.6 Å². The van der Waals surface area contributed by atoms with Crippen LogP contribution in [0.1, 0.15) is 18.9 Å². The molecule has 1 N–H and O–H groups in total. The van der Waals surface area contributed by atoms with E-state index in [0.29, 0.717) is 5.75 Å². The van der Waals surface area contributed by atoms with Crippen molar-refractivity contribution < 1.29 is 19.0 Å². The molecule has 0 unspecified atom stereocenters. The number of carbonyl (C=O) groups is 1. The van der Waals surface area contributed by atoms with Crippen LogP contribution in [-0.2, 0) is 11.2 Å². The number of carbonyl (C=O) groups excluding carboxylic acids is 1. The fraction of sp³-hybridized carbons (Fsp3) is 0.217. The summed E-state index contributed by atoms with van der Waals surface area (Å²) in [6.45, 7) is 2.07. The zero-order valence-corrected chi connectivity index (χ0v) is 16.2. The quantitative estimate of drug-likeness (QED) is 0.488. The molecule has 0 radical (unpaired) electrons. The number of fused-ring (bicyclic) bond motifs is 2. The summed E-state index contributed by atoms with van der Waals surface area (Å²) in [5.74, 6) is 1.91. The number of ether oxygens (including phenoxy) is 3. The normalized spacial score (nSPS) is 12.8. The van der Waals surface area contributed by atoms with Gasteiger partial charge < -0.3 is 14.2 Å². The number of nitrogens with one attached hydrogen (secondary N) is 1. The van der Waals surface area contributed by atoms with Crippen molar-refractivity contribution in [2.24, 2.45) is 5.10 Å². The smallest absolute Gasteiger partial charge is 0.277 e. The van der Waals surface area contributed by atoms with Crippen LogP contribution in [0, 0.1) is 0 Å². The van der Waals surface area contributed by atoms with Gasteiger partial charge in [0.05, 0.1) is 0 Å². The van der Waals surface area contributed by atoms with Gasteiger partial charge in [0.25, 0.3) is 5.91 Å². The Bertz CT molecular complexity index is 1060. The van der Waals surface area contributed by atoms with Crippen LogP contribution in [0.15, 0.2) is 65.8 Å². The maximum Gasteiger partial charge on any atom is 0.277 e. The molecule has 0 saturated carbocycles. The second kappa shape index (κ2) is 8.65. The van der Waals surface area contributed by atoms with Crippen LogP contribution >= 0.6 is 0 Å². The summed E-state index contributed by atoms with van der Waals surface area (Å²) in [4.78, 5) is 12.0. The Morgan fingerprint density at radius 3 is 2.76 bits per heavy atom. The third-order valence-electron chi connectivity index (χ3n) is 4.67. The molecule has 0 fully saturated rings. The minimum Gasteiger partial charge on any atom is -0.484 e. The van der Waals surface area contributed by atoms with E-state index in [1.807, 2.05) is 67.6 Å². The summed E-state index contributed by atoms with van der Waals surface area (Å²) < 4.78 is 16.3. The molecule has 0 aromatic heterocycles. The van der Waals surface area contributed by atoms with Gasteiger partial charge in [0.15, 0.2) is 18.1 Å². The highest BCUT2D eigenvalue weighted by Gasteiger charge is 2.13. The van der Waals surface area contributed by atoms with Gasteiger partial charge in [0.2, 0.25) is 6.79 Å². The molecular weight excluding hydrogens is 368 g/mol. The second-order valence-corrected chi connectivity index (χ2v) is 6.87. The van der Waals surface area contributed by atoms with Crippen molar-refractivity contribution >= 4 is 22.4 Å². The third kappa shape index (κ3) is 4.85. The first-order valence-electron chi connectivity index (χ1n) is 9.49. The predicted octanol–water partition coefficient (Wildman–Crippen LogP) is 4.07. The lowest BCUT2D eigenvalue weighted by Gasteiger charge is -2.07. The summed E-state index contributed by atoms with van der Waals surface area (Å²) >= 11 is 0. The van der Waals surface area contributed by atoms with Crippen LogP contribution in [0.4, 0.5) is 0 Å². The highest BCUT2D eigenvalue weighted by atomic mass is 16.7. The van der Waals surface area contributed by atoms with Crippen molar-refractivity contribution in [2.45, 2.75) is 19.8 Å². The van der Waals surface area contributed by atoms with Crippen molar-refractivity contribution in [3.63, 3.8) is 0 Å². The molecule has 1 amide bonds.